The van der Waals surface area contributed by atoms with Crippen LogP contribution in [0.5, 0.6) is 0 Å². The van der Waals surface area contributed by atoms with E-state index in [1.165, 1.54) is 6.07 Å². The molecule has 7 nitrogen and oxygen atoms in total. The number of hydrogen-bond acceptors (Lipinski definition) is 4. The van der Waals surface area contributed by atoms with Gasteiger partial charge < -0.3 is 10.4 Å². The number of pyridine rings is 1. The molecular weight excluding hydrogens is 250 g/mol. The first-order chi connectivity index (χ1) is 9.09. The maximum absolute atomic E-state index is 10.9. The number of nitro benzene ring substituents is 1. The quantitative estimate of drug-likeness (QED) is 0.646. The van der Waals surface area contributed by atoms with Crippen LogP contribution in [-0.4, -0.2) is 27.7 Å². The molecule has 98 valence electrons. The number of aromatic nitrogens is 1. The number of amides is 1. The lowest BCUT2D eigenvalue weighted by Crippen LogP contribution is -2.23. The number of rotatable bonds is 4. The van der Waals surface area contributed by atoms with Crippen molar-refractivity contribution < 1.29 is 14.8 Å². The fourth-order valence-electron chi connectivity index (χ4n) is 1.88. The van der Waals surface area contributed by atoms with Crippen molar-refractivity contribution in [1.29, 1.82) is 0 Å². The fraction of sp³-hybridized carbons (Fsp3) is 0.167. The van der Waals surface area contributed by atoms with E-state index in [-0.39, 0.29) is 12.2 Å². The van der Waals surface area contributed by atoms with Gasteiger partial charge in [0, 0.05) is 18.8 Å². The van der Waals surface area contributed by atoms with Crippen LogP contribution < -0.4 is 5.32 Å². The van der Waals surface area contributed by atoms with E-state index in [9.17, 15) is 14.9 Å². The first kappa shape index (κ1) is 12.7. The number of fused-ring (bicyclic) bond motifs is 1. The molecule has 0 radical (unpaired) electrons. The van der Waals surface area contributed by atoms with Gasteiger partial charge in [-0.1, -0.05) is 0 Å². The van der Waals surface area contributed by atoms with E-state index < -0.39 is 11.0 Å². The van der Waals surface area contributed by atoms with Crippen LogP contribution in [0.1, 0.15) is 5.56 Å². The Balaban J connectivity index is 2.38. The summed E-state index contributed by atoms with van der Waals surface area (Å²) in [7, 11) is 0. The Kier molecular flexibility index (Phi) is 3.56. The Labute approximate surface area is 108 Å². The van der Waals surface area contributed by atoms with Crippen molar-refractivity contribution in [2.45, 2.75) is 6.42 Å². The summed E-state index contributed by atoms with van der Waals surface area (Å²) in [5, 5.41) is 22.1. The molecular formula is C12H11N3O4. The minimum atomic E-state index is -1.10. The van der Waals surface area contributed by atoms with Gasteiger partial charge in [0.25, 0.3) is 5.69 Å². The summed E-state index contributed by atoms with van der Waals surface area (Å²) < 4.78 is 0. The van der Waals surface area contributed by atoms with E-state index in [0.717, 1.165) is 5.56 Å². The monoisotopic (exact) mass is 261 g/mol. The molecule has 7 heteroatoms. The largest absolute Gasteiger partial charge is 0.465 e. The van der Waals surface area contributed by atoms with Crippen molar-refractivity contribution in [2.24, 2.45) is 0 Å². The number of carboxylic acid groups (broad SMARTS) is 1. The van der Waals surface area contributed by atoms with Gasteiger partial charge in [-0.25, -0.2) is 4.79 Å². The van der Waals surface area contributed by atoms with Crippen LogP contribution in [0.15, 0.2) is 30.5 Å². The molecule has 0 bridgehead atoms. The van der Waals surface area contributed by atoms with Crippen molar-refractivity contribution >= 4 is 22.7 Å². The molecule has 0 unspecified atom stereocenters. The van der Waals surface area contributed by atoms with Crippen LogP contribution in [0.2, 0.25) is 0 Å². The molecule has 2 rings (SSSR count). The summed E-state index contributed by atoms with van der Waals surface area (Å²) in [5.74, 6) is 0. The number of non-ortho nitro benzene ring substituents is 1. The van der Waals surface area contributed by atoms with Gasteiger partial charge >= 0.3 is 6.09 Å². The Hall–Kier alpha value is -2.70. The molecule has 1 heterocycles. The van der Waals surface area contributed by atoms with Crippen LogP contribution in [0.3, 0.4) is 0 Å². The lowest BCUT2D eigenvalue weighted by atomic mass is 10.1. The number of nitrogens with one attached hydrogen (secondary N) is 1. The third-order valence-electron chi connectivity index (χ3n) is 2.70. The SMILES string of the molecule is O=C(O)NCCc1ccc([N+](=O)[O-])c2cccnc12. The van der Waals surface area contributed by atoms with E-state index in [1.54, 1.807) is 24.4 Å². The molecule has 1 aromatic carbocycles. The zero-order valence-electron chi connectivity index (χ0n) is 9.87. The molecule has 0 aliphatic carbocycles. The Morgan fingerprint density at radius 1 is 1.42 bits per heavy atom. The highest BCUT2D eigenvalue weighted by molar-refractivity contribution is 5.90. The zero-order chi connectivity index (χ0) is 13.8. The third-order valence-corrected chi connectivity index (χ3v) is 2.70. The molecule has 1 aromatic heterocycles. The van der Waals surface area contributed by atoms with Gasteiger partial charge in [-0.2, -0.15) is 0 Å². The number of nitrogens with zero attached hydrogens (tertiary/aromatic N) is 2. The fourth-order valence-corrected chi connectivity index (χ4v) is 1.88. The molecule has 1 amide bonds. The normalized spacial score (nSPS) is 10.3. The topological polar surface area (TPSA) is 105 Å². The lowest BCUT2D eigenvalue weighted by Gasteiger charge is -2.06. The highest BCUT2D eigenvalue weighted by Crippen LogP contribution is 2.26. The summed E-state index contributed by atoms with van der Waals surface area (Å²) in [6.07, 6.45) is 0.886. The maximum atomic E-state index is 10.9. The summed E-state index contributed by atoms with van der Waals surface area (Å²) in [5.41, 5.74) is 1.30. The molecule has 0 saturated carbocycles. The molecule has 0 saturated heterocycles. The second-order valence-electron chi connectivity index (χ2n) is 3.88. The standard InChI is InChI=1S/C12H11N3O4/c16-12(17)14-7-5-8-3-4-10(15(18)19)9-2-1-6-13-11(8)9/h1-4,6,14H,5,7H2,(H,16,17). The predicted octanol–water partition coefficient (Wildman–Crippen LogP) is 1.95. The molecule has 0 spiro atoms. The van der Waals surface area contributed by atoms with E-state index >= 15 is 0 Å². The average molecular weight is 261 g/mol. The average Bonchev–Trinajstić information content (AvgIpc) is 2.38. The van der Waals surface area contributed by atoms with Crippen LogP contribution in [0.25, 0.3) is 10.9 Å². The molecule has 19 heavy (non-hydrogen) atoms. The van der Waals surface area contributed by atoms with Crippen molar-refractivity contribution in [2.75, 3.05) is 6.54 Å². The van der Waals surface area contributed by atoms with Gasteiger partial charge in [0.2, 0.25) is 0 Å². The Bertz CT molecular complexity index is 642. The maximum Gasteiger partial charge on any atom is 0.404 e. The van der Waals surface area contributed by atoms with E-state index in [2.05, 4.69) is 10.3 Å². The molecule has 0 fully saturated rings. The van der Waals surface area contributed by atoms with Crippen molar-refractivity contribution in [1.82, 2.24) is 10.3 Å². The number of carbonyl (C=O) groups is 1. The minimum absolute atomic E-state index is 0.00181. The van der Waals surface area contributed by atoms with Crippen molar-refractivity contribution in [3.05, 3.63) is 46.1 Å². The van der Waals surface area contributed by atoms with E-state index in [0.29, 0.717) is 17.3 Å². The lowest BCUT2D eigenvalue weighted by molar-refractivity contribution is -0.383. The van der Waals surface area contributed by atoms with Crippen LogP contribution >= 0.6 is 0 Å². The minimum Gasteiger partial charge on any atom is -0.465 e. The Morgan fingerprint density at radius 2 is 2.21 bits per heavy atom. The molecule has 2 N–H and O–H groups in total. The predicted molar refractivity (Wildman–Crippen MR) is 68.1 cm³/mol. The van der Waals surface area contributed by atoms with Gasteiger partial charge in [0.05, 0.1) is 15.8 Å². The highest BCUT2D eigenvalue weighted by atomic mass is 16.6. The van der Waals surface area contributed by atoms with Crippen molar-refractivity contribution in [3.8, 4) is 0 Å². The van der Waals surface area contributed by atoms with Gasteiger partial charge in [-0.15, -0.1) is 0 Å². The van der Waals surface area contributed by atoms with Crippen LogP contribution in [0, 0.1) is 10.1 Å². The zero-order valence-corrected chi connectivity index (χ0v) is 9.87. The smallest absolute Gasteiger partial charge is 0.404 e. The van der Waals surface area contributed by atoms with E-state index in [4.69, 9.17) is 5.11 Å². The Morgan fingerprint density at radius 3 is 2.89 bits per heavy atom. The summed E-state index contributed by atoms with van der Waals surface area (Å²) in [6.45, 7) is 0.235. The molecule has 0 aliphatic heterocycles. The third kappa shape index (κ3) is 2.76. The van der Waals surface area contributed by atoms with E-state index in [1.807, 2.05) is 0 Å². The summed E-state index contributed by atoms with van der Waals surface area (Å²) in [4.78, 5) is 25.0. The number of nitro groups is 1. The molecule has 2 aromatic rings. The van der Waals surface area contributed by atoms with Crippen molar-refractivity contribution in [3.63, 3.8) is 0 Å². The summed E-state index contributed by atoms with van der Waals surface area (Å²) >= 11 is 0. The summed E-state index contributed by atoms with van der Waals surface area (Å²) in [6, 6.07) is 6.29. The highest BCUT2D eigenvalue weighted by Gasteiger charge is 2.14. The molecule has 0 atom stereocenters. The van der Waals surface area contributed by atoms with Gasteiger partial charge in [0.1, 0.15) is 0 Å². The second-order valence-corrected chi connectivity index (χ2v) is 3.88. The van der Waals surface area contributed by atoms with Gasteiger partial charge in [-0.05, 0) is 30.2 Å². The van der Waals surface area contributed by atoms with Crippen LogP contribution in [0.4, 0.5) is 10.5 Å². The van der Waals surface area contributed by atoms with Gasteiger partial charge in [-0.3, -0.25) is 15.1 Å². The second kappa shape index (κ2) is 5.30. The van der Waals surface area contributed by atoms with Crippen LogP contribution in [-0.2, 0) is 6.42 Å². The number of hydrogen-bond donors (Lipinski definition) is 2. The number of benzene rings is 1. The first-order valence-corrected chi connectivity index (χ1v) is 5.57. The van der Waals surface area contributed by atoms with Gasteiger partial charge in [0.15, 0.2) is 0 Å². The molecule has 0 aliphatic rings. The first-order valence-electron chi connectivity index (χ1n) is 5.57.